The molecule has 2 fully saturated rings. The van der Waals surface area contributed by atoms with E-state index in [-0.39, 0.29) is 37.5 Å². The molecule has 1 saturated heterocycles. The second-order valence-corrected chi connectivity index (χ2v) is 12.6. The third kappa shape index (κ3) is 6.15. The molecule has 0 radical (unpaired) electrons. The van der Waals surface area contributed by atoms with Crippen LogP contribution in [0.3, 0.4) is 0 Å². The molecule has 2 aliphatic rings. The van der Waals surface area contributed by atoms with Crippen molar-refractivity contribution in [2.24, 2.45) is 0 Å². The van der Waals surface area contributed by atoms with Crippen molar-refractivity contribution in [3.8, 4) is 16.9 Å². The van der Waals surface area contributed by atoms with Crippen molar-refractivity contribution in [1.29, 1.82) is 0 Å². The molecule has 6 rings (SSSR count). The van der Waals surface area contributed by atoms with Gasteiger partial charge >= 0.3 is 11.7 Å². The molecule has 1 aromatic carbocycles. The summed E-state index contributed by atoms with van der Waals surface area (Å²) in [4.78, 5) is 57.1. The largest absolute Gasteiger partial charge is 0.464 e. The predicted molar refractivity (Wildman–Crippen MR) is 180 cm³/mol. The Hall–Kier alpha value is -4.90. The van der Waals surface area contributed by atoms with E-state index in [1.165, 1.54) is 13.0 Å². The lowest BCUT2D eigenvalue weighted by atomic mass is 9.97. The Morgan fingerprint density at radius 1 is 1.15 bits per heavy atom. The van der Waals surface area contributed by atoms with Crippen LogP contribution in [0.15, 0.2) is 60.0 Å². The van der Waals surface area contributed by atoms with Gasteiger partial charge < -0.3 is 19.6 Å². The Bertz CT molecular complexity index is 1930. The SMILES string of the molecule is C=CC(=O)N1CCN(c2nc(=O)n(-c3c(C)ccnc3C(C)C)c3nc(-c4ccccc4CO)c(C4CC4)cc23)C[C@@H]1COC(C)=O. The van der Waals surface area contributed by atoms with Gasteiger partial charge in [0.2, 0.25) is 5.91 Å². The summed E-state index contributed by atoms with van der Waals surface area (Å²) in [5, 5.41) is 11.0. The molecule has 4 aromatic rings. The standard InChI is InChI=1S/C36H40N6O5/c1-6-30(45)41-16-15-40(18-26(41)20-47-23(5)44)34-29-17-28(24-11-12-24)32(27-10-8-7-9-25(27)19-43)38-35(29)42(36(46)39-34)33-22(4)13-14-37-31(33)21(2)3/h6-10,13-14,17,21,24,26,43H,1,11-12,15-16,18-20H2,2-5H3/t26-/m1/s1. The molecule has 1 atom stereocenters. The topological polar surface area (TPSA) is 131 Å². The van der Waals surface area contributed by atoms with Crippen LogP contribution in [-0.2, 0) is 20.9 Å². The molecule has 244 valence electrons. The average Bonchev–Trinajstić information content (AvgIpc) is 3.92. The number of benzene rings is 1. The Balaban J connectivity index is 1.62. The number of amides is 1. The number of pyridine rings is 2. The van der Waals surface area contributed by atoms with Crippen molar-refractivity contribution in [2.45, 2.75) is 65.0 Å². The first kappa shape index (κ1) is 32.1. The summed E-state index contributed by atoms with van der Waals surface area (Å²) < 4.78 is 6.93. The van der Waals surface area contributed by atoms with E-state index in [0.717, 1.165) is 46.5 Å². The molecular weight excluding hydrogens is 596 g/mol. The summed E-state index contributed by atoms with van der Waals surface area (Å²) >= 11 is 0. The molecule has 47 heavy (non-hydrogen) atoms. The van der Waals surface area contributed by atoms with Crippen LogP contribution < -0.4 is 10.6 Å². The fourth-order valence-electron chi connectivity index (χ4n) is 6.49. The van der Waals surface area contributed by atoms with E-state index < -0.39 is 17.7 Å². The zero-order chi connectivity index (χ0) is 33.4. The number of aliphatic hydroxyl groups is 1. The molecular formula is C36H40N6O5. The molecule has 1 N–H and O–H groups in total. The number of esters is 1. The predicted octanol–water partition coefficient (Wildman–Crippen LogP) is 4.41. The number of piperazine rings is 1. The molecule has 0 unspecified atom stereocenters. The number of carbonyl (C=O) groups is 2. The van der Waals surface area contributed by atoms with E-state index in [9.17, 15) is 19.5 Å². The molecule has 4 heterocycles. The fourth-order valence-corrected chi connectivity index (χ4v) is 6.49. The van der Waals surface area contributed by atoms with Crippen molar-refractivity contribution in [2.75, 3.05) is 31.1 Å². The van der Waals surface area contributed by atoms with Gasteiger partial charge in [-0.2, -0.15) is 4.98 Å². The van der Waals surface area contributed by atoms with Gasteiger partial charge in [0, 0.05) is 38.3 Å². The van der Waals surface area contributed by atoms with E-state index in [2.05, 4.69) is 17.6 Å². The highest BCUT2D eigenvalue weighted by atomic mass is 16.5. The highest BCUT2D eigenvalue weighted by Crippen LogP contribution is 2.46. The Kier molecular flexibility index (Phi) is 8.92. The van der Waals surface area contributed by atoms with Crippen molar-refractivity contribution in [3.63, 3.8) is 0 Å². The highest BCUT2D eigenvalue weighted by Gasteiger charge is 2.34. The molecule has 0 spiro atoms. The van der Waals surface area contributed by atoms with Gasteiger partial charge in [-0.05, 0) is 66.5 Å². The number of hydrogen-bond acceptors (Lipinski definition) is 9. The van der Waals surface area contributed by atoms with Crippen molar-refractivity contribution < 1.29 is 19.4 Å². The van der Waals surface area contributed by atoms with Crippen molar-refractivity contribution >= 4 is 28.7 Å². The van der Waals surface area contributed by atoms with Gasteiger partial charge in [0.15, 0.2) is 5.65 Å². The number of carbonyl (C=O) groups excluding carboxylic acids is 2. The van der Waals surface area contributed by atoms with E-state index >= 15 is 0 Å². The maximum atomic E-state index is 14.3. The minimum absolute atomic E-state index is 0.000700. The monoisotopic (exact) mass is 636 g/mol. The smallest absolute Gasteiger partial charge is 0.355 e. The lowest BCUT2D eigenvalue weighted by Gasteiger charge is -2.41. The van der Waals surface area contributed by atoms with E-state index in [0.29, 0.717) is 35.6 Å². The van der Waals surface area contributed by atoms with Crippen LogP contribution >= 0.6 is 0 Å². The zero-order valence-electron chi connectivity index (χ0n) is 27.3. The van der Waals surface area contributed by atoms with Gasteiger partial charge in [-0.1, -0.05) is 44.7 Å². The third-order valence-electron chi connectivity index (χ3n) is 8.98. The molecule has 11 nitrogen and oxygen atoms in total. The molecule has 1 amide bonds. The minimum Gasteiger partial charge on any atom is -0.464 e. The molecule has 3 aromatic heterocycles. The zero-order valence-corrected chi connectivity index (χ0v) is 27.3. The first-order valence-corrected chi connectivity index (χ1v) is 16.1. The normalized spacial score (nSPS) is 16.5. The van der Waals surface area contributed by atoms with Crippen LogP contribution in [0.25, 0.3) is 28.0 Å². The first-order valence-electron chi connectivity index (χ1n) is 16.1. The second kappa shape index (κ2) is 13.1. The Morgan fingerprint density at radius 3 is 2.60 bits per heavy atom. The van der Waals surface area contributed by atoms with E-state index in [4.69, 9.17) is 14.7 Å². The van der Waals surface area contributed by atoms with Crippen LogP contribution in [0.5, 0.6) is 0 Å². The number of aliphatic hydroxyl groups excluding tert-OH is 1. The Morgan fingerprint density at radius 2 is 1.91 bits per heavy atom. The van der Waals surface area contributed by atoms with Crippen LogP contribution in [0.1, 0.15) is 67.8 Å². The minimum atomic E-state index is -0.500. The number of aromatic nitrogens is 4. The number of fused-ring (bicyclic) bond motifs is 1. The number of nitrogens with zero attached hydrogens (tertiary/aromatic N) is 6. The summed E-state index contributed by atoms with van der Waals surface area (Å²) in [6.07, 6.45) is 5.02. The number of ether oxygens (including phenoxy) is 1. The quantitative estimate of drug-likeness (QED) is 0.210. The molecule has 1 aliphatic heterocycles. The molecule has 1 saturated carbocycles. The summed E-state index contributed by atoms with van der Waals surface area (Å²) in [5.74, 6) is 0.0643. The lowest BCUT2D eigenvalue weighted by molar-refractivity contribution is -0.145. The highest BCUT2D eigenvalue weighted by molar-refractivity contribution is 5.92. The van der Waals surface area contributed by atoms with Gasteiger partial charge in [-0.15, -0.1) is 0 Å². The third-order valence-corrected chi connectivity index (χ3v) is 8.98. The van der Waals surface area contributed by atoms with Gasteiger partial charge in [0.1, 0.15) is 12.4 Å². The van der Waals surface area contributed by atoms with Crippen LogP contribution in [0.4, 0.5) is 5.82 Å². The number of aryl methyl sites for hydroxylation is 1. The second-order valence-electron chi connectivity index (χ2n) is 12.6. The molecule has 1 aliphatic carbocycles. The number of hydrogen-bond donors (Lipinski definition) is 1. The Labute approximate surface area is 273 Å². The summed E-state index contributed by atoms with van der Waals surface area (Å²) in [5.41, 5.74) is 5.55. The van der Waals surface area contributed by atoms with E-state index in [1.807, 2.05) is 56.0 Å². The average molecular weight is 637 g/mol. The molecule has 0 bridgehead atoms. The summed E-state index contributed by atoms with van der Waals surface area (Å²) in [6, 6.07) is 11.2. The van der Waals surface area contributed by atoms with Crippen LogP contribution in [0.2, 0.25) is 0 Å². The van der Waals surface area contributed by atoms with E-state index in [1.54, 1.807) is 15.7 Å². The van der Waals surface area contributed by atoms with Crippen molar-refractivity contribution in [3.05, 3.63) is 88.1 Å². The van der Waals surface area contributed by atoms with Gasteiger partial charge in [-0.3, -0.25) is 14.6 Å². The van der Waals surface area contributed by atoms with Crippen LogP contribution in [-0.4, -0.2) is 73.7 Å². The van der Waals surface area contributed by atoms with Gasteiger partial charge in [0.05, 0.1) is 35.1 Å². The number of anilines is 1. The summed E-state index contributed by atoms with van der Waals surface area (Å²) in [6.45, 7) is 11.9. The summed E-state index contributed by atoms with van der Waals surface area (Å²) in [7, 11) is 0. The van der Waals surface area contributed by atoms with Crippen LogP contribution in [0, 0.1) is 6.92 Å². The maximum absolute atomic E-state index is 14.3. The number of rotatable bonds is 9. The first-order chi connectivity index (χ1) is 22.6. The fraction of sp³-hybridized carbons (Fsp3) is 0.389. The molecule has 11 heteroatoms. The van der Waals surface area contributed by atoms with Gasteiger partial charge in [0.25, 0.3) is 0 Å². The maximum Gasteiger partial charge on any atom is 0.355 e. The lowest BCUT2D eigenvalue weighted by Crippen LogP contribution is -2.57. The van der Waals surface area contributed by atoms with Gasteiger partial charge in [-0.25, -0.2) is 14.3 Å². The van der Waals surface area contributed by atoms with Crippen molar-refractivity contribution in [1.82, 2.24) is 24.4 Å².